The van der Waals surface area contributed by atoms with Gasteiger partial charge in [-0.2, -0.15) is 0 Å². The molecule has 2 aromatic carbocycles. The lowest BCUT2D eigenvalue weighted by molar-refractivity contribution is 0.0700. The van der Waals surface area contributed by atoms with Crippen LogP contribution >= 0.6 is 0 Å². The number of carbonyl (C=O) groups is 2. The molecule has 5 nitrogen and oxygen atoms in total. The number of aryl methyl sites for hydroxylation is 1. The summed E-state index contributed by atoms with van der Waals surface area (Å²) in [5.74, 6) is 0.0223. The second-order valence-electron chi connectivity index (χ2n) is 7.08. The molecule has 2 heterocycles. The molecule has 0 bridgehead atoms. The van der Waals surface area contributed by atoms with Crippen LogP contribution in [0, 0.1) is 0 Å². The minimum atomic E-state index is -0.0468. The minimum absolute atomic E-state index is 0.0468. The van der Waals surface area contributed by atoms with Gasteiger partial charge in [0.15, 0.2) is 0 Å². The Morgan fingerprint density at radius 2 is 1.63 bits per heavy atom. The first kappa shape index (κ1) is 17.3. The number of carbonyl (C=O) groups excluding carboxylic acids is 2. The van der Waals surface area contributed by atoms with Gasteiger partial charge < -0.3 is 14.8 Å². The third-order valence-corrected chi connectivity index (χ3v) is 5.28. The van der Waals surface area contributed by atoms with Crippen LogP contribution in [-0.2, 0) is 7.05 Å². The van der Waals surface area contributed by atoms with E-state index in [4.69, 9.17) is 0 Å². The molecule has 1 saturated heterocycles. The van der Waals surface area contributed by atoms with Crippen LogP contribution in [0.15, 0.2) is 60.8 Å². The van der Waals surface area contributed by atoms with Gasteiger partial charge in [-0.05, 0) is 31.0 Å². The molecule has 4 rings (SSSR count). The maximum Gasteiger partial charge on any atom is 0.256 e. The van der Waals surface area contributed by atoms with Gasteiger partial charge in [0.1, 0.15) is 0 Å². The molecule has 5 heteroatoms. The van der Waals surface area contributed by atoms with Gasteiger partial charge >= 0.3 is 0 Å². The van der Waals surface area contributed by atoms with E-state index < -0.39 is 0 Å². The number of hydrogen-bond acceptors (Lipinski definition) is 2. The first-order valence-corrected chi connectivity index (χ1v) is 9.33. The Hall–Kier alpha value is -3.08. The van der Waals surface area contributed by atoms with Crippen molar-refractivity contribution < 1.29 is 9.59 Å². The zero-order chi connectivity index (χ0) is 18.8. The van der Waals surface area contributed by atoms with Crippen molar-refractivity contribution in [1.29, 1.82) is 0 Å². The summed E-state index contributed by atoms with van der Waals surface area (Å²) in [5, 5.41) is 4.08. The van der Waals surface area contributed by atoms with Crippen molar-refractivity contribution in [3.05, 3.63) is 71.9 Å². The zero-order valence-electron chi connectivity index (χ0n) is 15.4. The monoisotopic (exact) mass is 361 g/mol. The van der Waals surface area contributed by atoms with E-state index in [-0.39, 0.29) is 17.9 Å². The SMILES string of the molecule is Cn1cc(C(=O)N2CCC(NC(=O)c3ccccc3)CC2)c2ccccc21. The summed E-state index contributed by atoms with van der Waals surface area (Å²) in [6.07, 6.45) is 3.46. The summed E-state index contributed by atoms with van der Waals surface area (Å²) >= 11 is 0. The first-order chi connectivity index (χ1) is 13.1. The lowest BCUT2D eigenvalue weighted by Gasteiger charge is -2.32. The van der Waals surface area contributed by atoms with Crippen LogP contribution in [-0.4, -0.2) is 40.4 Å². The first-order valence-electron chi connectivity index (χ1n) is 9.33. The Kier molecular flexibility index (Phi) is 4.67. The molecular formula is C22H23N3O2. The van der Waals surface area contributed by atoms with Crippen LogP contribution in [0.1, 0.15) is 33.6 Å². The highest BCUT2D eigenvalue weighted by molar-refractivity contribution is 6.07. The highest BCUT2D eigenvalue weighted by Crippen LogP contribution is 2.23. The van der Waals surface area contributed by atoms with Crippen molar-refractivity contribution in [1.82, 2.24) is 14.8 Å². The molecule has 0 saturated carbocycles. The predicted octanol–water partition coefficient (Wildman–Crippen LogP) is 3.21. The van der Waals surface area contributed by atoms with Crippen molar-refractivity contribution in [2.45, 2.75) is 18.9 Å². The molecule has 0 radical (unpaired) electrons. The fourth-order valence-electron chi connectivity index (χ4n) is 3.77. The summed E-state index contributed by atoms with van der Waals surface area (Å²) in [6.45, 7) is 1.31. The van der Waals surface area contributed by atoms with Gasteiger partial charge in [-0.25, -0.2) is 0 Å². The number of likely N-dealkylation sites (tertiary alicyclic amines) is 1. The number of benzene rings is 2. The second-order valence-corrected chi connectivity index (χ2v) is 7.08. The normalized spacial score (nSPS) is 15.1. The van der Waals surface area contributed by atoms with Crippen molar-refractivity contribution in [3.8, 4) is 0 Å². The largest absolute Gasteiger partial charge is 0.350 e. The molecule has 1 fully saturated rings. The molecule has 1 aromatic heterocycles. The Morgan fingerprint density at radius 3 is 2.37 bits per heavy atom. The average molecular weight is 361 g/mol. The molecule has 0 aliphatic carbocycles. The molecule has 1 N–H and O–H groups in total. The topological polar surface area (TPSA) is 54.3 Å². The molecule has 27 heavy (non-hydrogen) atoms. The molecule has 0 spiro atoms. The van der Waals surface area contributed by atoms with Crippen molar-refractivity contribution in [3.63, 3.8) is 0 Å². The van der Waals surface area contributed by atoms with E-state index in [1.54, 1.807) is 0 Å². The van der Waals surface area contributed by atoms with Gasteiger partial charge in [-0.1, -0.05) is 36.4 Å². The van der Waals surface area contributed by atoms with E-state index in [0.29, 0.717) is 18.7 Å². The van der Waals surface area contributed by atoms with Gasteiger partial charge in [0.25, 0.3) is 11.8 Å². The number of amides is 2. The van der Waals surface area contributed by atoms with Gasteiger partial charge in [-0.15, -0.1) is 0 Å². The molecule has 3 aromatic rings. The average Bonchev–Trinajstić information content (AvgIpc) is 3.06. The number of piperidine rings is 1. The Bertz CT molecular complexity index is 970. The predicted molar refractivity (Wildman–Crippen MR) is 106 cm³/mol. The molecule has 1 aliphatic heterocycles. The van der Waals surface area contributed by atoms with Crippen molar-refractivity contribution in [2.75, 3.05) is 13.1 Å². The maximum absolute atomic E-state index is 13.0. The Morgan fingerprint density at radius 1 is 0.963 bits per heavy atom. The summed E-state index contributed by atoms with van der Waals surface area (Å²) in [5.41, 5.74) is 2.48. The van der Waals surface area contributed by atoms with Crippen LogP contribution in [0.2, 0.25) is 0 Å². The third kappa shape index (κ3) is 3.45. The van der Waals surface area contributed by atoms with Gasteiger partial charge in [0.2, 0.25) is 0 Å². The van der Waals surface area contributed by atoms with Crippen LogP contribution in [0.5, 0.6) is 0 Å². The number of nitrogens with zero attached hydrogens (tertiary/aromatic N) is 2. The summed E-state index contributed by atoms with van der Waals surface area (Å²) < 4.78 is 2.00. The molecule has 138 valence electrons. The van der Waals surface area contributed by atoms with E-state index >= 15 is 0 Å². The summed E-state index contributed by atoms with van der Waals surface area (Å²) in [6, 6.07) is 17.3. The van der Waals surface area contributed by atoms with Gasteiger partial charge in [0.05, 0.1) is 5.56 Å². The standard InChI is InChI=1S/C22H23N3O2/c1-24-15-19(18-9-5-6-10-20(18)24)22(27)25-13-11-17(12-14-25)23-21(26)16-7-3-2-4-8-16/h2-10,15,17H,11-14H2,1H3,(H,23,26). The number of rotatable bonds is 3. The smallest absolute Gasteiger partial charge is 0.256 e. The highest BCUT2D eigenvalue weighted by Gasteiger charge is 2.26. The summed E-state index contributed by atoms with van der Waals surface area (Å²) in [7, 11) is 1.96. The van der Waals surface area contributed by atoms with E-state index in [1.807, 2.05) is 77.3 Å². The molecular weight excluding hydrogens is 338 g/mol. The minimum Gasteiger partial charge on any atom is -0.350 e. The van der Waals surface area contributed by atoms with E-state index in [0.717, 1.165) is 29.3 Å². The Labute approximate surface area is 158 Å². The number of nitrogens with one attached hydrogen (secondary N) is 1. The van der Waals surface area contributed by atoms with E-state index in [9.17, 15) is 9.59 Å². The van der Waals surface area contributed by atoms with Crippen LogP contribution in [0.25, 0.3) is 10.9 Å². The summed E-state index contributed by atoms with van der Waals surface area (Å²) in [4.78, 5) is 27.2. The molecule has 2 amide bonds. The number of fused-ring (bicyclic) bond motifs is 1. The van der Waals surface area contributed by atoms with Crippen molar-refractivity contribution >= 4 is 22.7 Å². The zero-order valence-corrected chi connectivity index (χ0v) is 15.4. The molecule has 0 atom stereocenters. The Balaban J connectivity index is 1.40. The lowest BCUT2D eigenvalue weighted by atomic mass is 10.0. The number of hydrogen-bond donors (Lipinski definition) is 1. The van der Waals surface area contributed by atoms with Gasteiger partial charge in [0, 0.05) is 48.8 Å². The lowest BCUT2D eigenvalue weighted by Crippen LogP contribution is -2.46. The fourth-order valence-corrected chi connectivity index (χ4v) is 3.77. The maximum atomic E-state index is 13.0. The fraction of sp³-hybridized carbons (Fsp3) is 0.273. The van der Waals surface area contributed by atoms with E-state index in [2.05, 4.69) is 5.32 Å². The number of aromatic nitrogens is 1. The highest BCUT2D eigenvalue weighted by atomic mass is 16.2. The van der Waals surface area contributed by atoms with E-state index in [1.165, 1.54) is 0 Å². The number of para-hydroxylation sites is 1. The second kappa shape index (κ2) is 7.27. The quantitative estimate of drug-likeness (QED) is 0.779. The van der Waals surface area contributed by atoms with Crippen LogP contribution in [0.3, 0.4) is 0 Å². The molecule has 0 unspecified atom stereocenters. The van der Waals surface area contributed by atoms with Crippen LogP contribution in [0.4, 0.5) is 0 Å². The van der Waals surface area contributed by atoms with Crippen molar-refractivity contribution in [2.24, 2.45) is 7.05 Å². The third-order valence-electron chi connectivity index (χ3n) is 5.28. The van der Waals surface area contributed by atoms with Crippen LogP contribution < -0.4 is 5.32 Å². The van der Waals surface area contributed by atoms with Gasteiger partial charge in [-0.3, -0.25) is 9.59 Å². The molecule has 1 aliphatic rings.